The van der Waals surface area contributed by atoms with Crippen LogP contribution in [0, 0.1) is 5.82 Å². The van der Waals surface area contributed by atoms with E-state index in [2.05, 4.69) is 0 Å². The van der Waals surface area contributed by atoms with E-state index in [1.165, 1.54) is 7.11 Å². The smallest absolute Gasteiger partial charge is 0.155 e. The Morgan fingerprint density at radius 1 is 1.58 bits per heavy atom. The first-order chi connectivity index (χ1) is 5.69. The summed E-state index contributed by atoms with van der Waals surface area (Å²) in [6.07, 6.45) is 0.528. The molecule has 0 saturated heterocycles. The van der Waals surface area contributed by atoms with Gasteiger partial charge in [-0.25, -0.2) is 4.39 Å². The molecule has 0 spiro atoms. The second-order valence-electron chi connectivity index (χ2n) is 2.12. The van der Waals surface area contributed by atoms with Gasteiger partial charge in [-0.2, -0.15) is 0 Å². The van der Waals surface area contributed by atoms with Gasteiger partial charge in [0.25, 0.3) is 0 Å². The van der Waals surface area contributed by atoms with E-state index in [0.29, 0.717) is 6.29 Å². The third-order valence-corrected chi connectivity index (χ3v) is 1.71. The number of carbonyl (C=O) groups excluding carboxylic acids is 1. The number of halogens is 2. The molecule has 1 rings (SSSR count). The van der Waals surface area contributed by atoms with Crippen LogP contribution >= 0.6 is 11.6 Å². The Morgan fingerprint density at radius 2 is 2.25 bits per heavy atom. The largest absolute Gasteiger partial charge is 0.496 e. The SMILES string of the molecule is COc1cc(F)cc(Cl)c1C=O. The van der Waals surface area contributed by atoms with Crippen molar-refractivity contribution in [2.75, 3.05) is 7.11 Å². The molecule has 64 valence electrons. The van der Waals surface area contributed by atoms with Crippen LogP contribution in [0.1, 0.15) is 10.4 Å². The van der Waals surface area contributed by atoms with Crippen molar-refractivity contribution in [3.05, 3.63) is 28.5 Å². The van der Waals surface area contributed by atoms with Crippen molar-refractivity contribution in [2.24, 2.45) is 0 Å². The van der Waals surface area contributed by atoms with Crippen molar-refractivity contribution in [3.8, 4) is 5.75 Å². The Bertz CT molecular complexity index is 312. The van der Waals surface area contributed by atoms with Crippen molar-refractivity contribution >= 4 is 17.9 Å². The molecule has 2 nitrogen and oxygen atoms in total. The predicted molar refractivity (Wildman–Crippen MR) is 43.3 cm³/mol. The highest BCUT2D eigenvalue weighted by Crippen LogP contribution is 2.25. The van der Waals surface area contributed by atoms with Gasteiger partial charge in [-0.15, -0.1) is 0 Å². The number of rotatable bonds is 2. The lowest BCUT2D eigenvalue weighted by molar-refractivity contribution is 0.112. The van der Waals surface area contributed by atoms with Gasteiger partial charge in [-0.3, -0.25) is 4.79 Å². The first kappa shape index (κ1) is 9.00. The van der Waals surface area contributed by atoms with Crippen molar-refractivity contribution in [3.63, 3.8) is 0 Å². The summed E-state index contributed by atoms with van der Waals surface area (Å²) in [6.45, 7) is 0. The zero-order chi connectivity index (χ0) is 9.14. The molecular formula is C8H6ClFO2. The van der Waals surface area contributed by atoms with E-state index in [-0.39, 0.29) is 16.3 Å². The molecular weight excluding hydrogens is 183 g/mol. The molecule has 0 radical (unpaired) electrons. The maximum absolute atomic E-state index is 12.7. The fourth-order valence-corrected chi connectivity index (χ4v) is 1.09. The average Bonchev–Trinajstić information content (AvgIpc) is 2.03. The van der Waals surface area contributed by atoms with Crippen molar-refractivity contribution in [2.45, 2.75) is 0 Å². The maximum atomic E-state index is 12.7. The third kappa shape index (κ3) is 1.56. The lowest BCUT2D eigenvalue weighted by Crippen LogP contribution is -1.92. The first-order valence-corrected chi connectivity index (χ1v) is 3.55. The fraction of sp³-hybridized carbons (Fsp3) is 0.125. The number of carbonyl (C=O) groups is 1. The molecule has 0 N–H and O–H groups in total. The second-order valence-corrected chi connectivity index (χ2v) is 2.53. The van der Waals surface area contributed by atoms with Crippen LogP contribution in [0.4, 0.5) is 4.39 Å². The molecule has 1 aromatic carbocycles. The lowest BCUT2D eigenvalue weighted by atomic mass is 10.2. The summed E-state index contributed by atoms with van der Waals surface area (Å²) in [4.78, 5) is 10.4. The van der Waals surface area contributed by atoms with Gasteiger partial charge in [0.1, 0.15) is 11.6 Å². The molecule has 0 aliphatic heterocycles. The lowest BCUT2D eigenvalue weighted by Gasteiger charge is -2.04. The molecule has 12 heavy (non-hydrogen) atoms. The summed E-state index contributed by atoms with van der Waals surface area (Å²) in [5.41, 5.74) is 0.167. The van der Waals surface area contributed by atoms with Crippen LogP contribution < -0.4 is 4.74 Å². The van der Waals surface area contributed by atoms with Gasteiger partial charge in [0.05, 0.1) is 17.7 Å². The van der Waals surface area contributed by atoms with Gasteiger partial charge in [0.15, 0.2) is 6.29 Å². The Balaban J connectivity index is 3.33. The van der Waals surface area contributed by atoms with Gasteiger partial charge >= 0.3 is 0 Å². The van der Waals surface area contributed by atoms with Crippen molar-refractivity contribution in [1.29, 1.82) is 0 Å². The molecule has 0 aromatic heterocycles. The second kappa shape index (κ2) is 3.54. The fourth-order valence-electron chi connectivity index (χ4n) is 0.844. The van der Waals surface area contributed by atoms with E-state index in [1.54, 1.807) is 0 Å². The number of ether oxygens (including phenoxy) is 1. The van der Waals surface area contributed by atoms with Crippen LogP contribution in [-0.2, 0) is 0 Å². The molecule has 0 amide bonds. The van der Waals surface area contributed by atoms with Crippen molar-refractivity contribution in [1.82, 2.24) is 0 Å². The Labute approximate surface area is 73.9 Å². The third-order valence-electron chi connectivity index (χ3n) is 1.39. The minimum Gasteiger partial charge on any atom is -0.496 e. The van der Waals surface area contributed by atoms with Gasteiger partial charge < -0.3 is 4.74 Å². The van der Waals surface area contributed by atoms with E-state index in [4.69, 9.17) is 16.3 Å². The summed E-state index contributed by atoms with van der Waals surface area (Å²) in [7, 11) is 1.35. The summed E-state index contributed by atoms with van der Waals surface area (Å²) in [6, 6.07) is 2.17. The van der Waals surface area contributed by atoms with E-state index in [9.17, 15) is 9.18 Å². The first-order valence-electron chi connectivity index (χ1n) is 3.17. The van der Waals surface area contributed by atoms with Crippen LogP contribution in [0.2, 0.25) is 5.02 Å². The number of benzene rings is 1. The quantitative estimate of drug-likeness (QED) is 0.666. The van der Waals surface area contributed by atoms with E-state index in [1.807, 2.05) is 0 Å². The zero-order valence-electron chi connectivity index (χ0n) is 6.30. The van der Waals surface area contributed by atoms with Crippen LogP contribution in [0.3, 0.4) is 0 Å². The molecule has 0 atom stereocenters. The minimum absolute atomic E-state index is 0.0573. The van der Waals surface area contributed by atoms with Gasteiger partial charge in [0.2, 0.25) is 0 Å². The molecule has 0 saturated carbocycles. The number of aldehydes is 1. The highest BCUT2D eigenvalue weighted by molar-refractivity contribution is 6.33. The highest BCUT2D eigenvalue weighted by atomic mass is 35.5. The molecule has 0 fully saturated rings. The Morgan fingerprint density at radius 3 is 2.75 bits per heavy atom. The maximum Gasteiger partial charge on any atom is 0.155 e. The number of hydrogen-bond donors (Lipinski definition) is 0. The predicted octanol–water partition coefficient (Wildman–Crippen LogP) is 2.30. The Kier molecular flexibility index (Phi) is 2.65. The van der Waals surface area contributed by atoms with Crippen LogP contribution in [0.25, 0.3) is 0 Å². The van der Waals surface area contributed by atoms with Gasteiger partial charge in [-0.05, 0) is 6.07 Å². The average molecular weight is 189 g/mol. The summed E-state index contributed by atoms with van der Waals surface area (Å²) in [5.74, 6) is -0.377. The normalized spacial score (nSPS) is 9.58. The van der Waals surface area contributed by atoms with Crippen LogP contribution in [0.5, 0.6) is 5.75 Å². The molecule has 0 bridgehead atoms. The highest BCUT2D eigenvalue weighted by Gasteiger charge is 2.08. The van der Waals surface area contributed by atoms with Gasteiger partial charge in [0, 0.05) is 6.07 Å². The molecule has 0 aliphatic carbocycles. The van der Waals surface area contributed by atoms with Gasteiger partial charge in [-0.1, -0.05) is 11.6 Å². The van der Waals surface area contributed by atoms with E-state index >= 15 is 0 Å². The zero-order valence-corrected chi connectivity index (χ0v) is 7.06. The summed E-state index contributed by atoms with van der Waals surface area (Å²) >= 11 is 5.56. The van der Waals surface area contributed by atoms with Crippen molar-refractivity contribution < 1.29 is 13.9 Å². The number of methoxy groups -OCH3 is 1. The molecule has 1 aromatic rings. The molecule has 0 heterocycles. The van der Waals surface area contributed by atoms with E-state index in [0.717, 1.165) is 12.1 Å². The summed E-state index contributed by atoms with van der Waals surface area (Å²) in [5, 5.41) is 0.0573. The minimum atomic E-state index is -0.526. The summed E-state index contributed by atoms with van der Waals surface area (Å²) < 4.78 is 17.4. The number of hydrogen-bond acceptors (Lipinski definition) is 2. The Hall–Kier alpha value is -1.09. The molecule has 4 heteroatoms. The monoisotopic (exact) mass is 188 g/mol. The molecule has 0 unspecified atom stereocenters. The van der Waals surface area contributed by atoms with E-state index < -0.39 is 5.82 Å². The topological polar surface area (TPSA) is 26.3 Å². The van der Waals surface area contributed by atoms with Crippen LogP contribution in [0.15, 0.2) is 12.1 Å². The standard InChI is InChI=1S/C8H6ClFO2/c1-12-8-3-5(10)2-7(9)6(8)4-11/h2-4H,1H3. The van der Waals surface area contributed by atoms with Crippen LogP contribution in [-0.4, -0.2) is 13.4 Å². The molecule has 0 aliphatic rings.